The highest BCUT2D eigenvalue weighted by Crippen LogP contribution is 2.58. The van der Waals surface area contributed by atoms with E-state index >= 15 is 0 Å². The Balaban J connectivity index is -0.000000467. The summed E-state index contributed by atoms with van der Waals surface area (Å²) < 4.78 is 59.7. The third-order valence-electron chi connectivity index (χ3n) is 13.8. The van der Waals surface area contributed by atoms with Gasteiger partial charge in [-0.25, -0.2) is 4.79 Å². The van der Waals surface area contributed by atoms with Crippen molar-refractivity contribution in [2.24, 2.45) is 37.9 Å². The van der Waals surface area contributed by atoms with Crippen molar-refractivity contribution in [3.63, 3.8) is 0 Å². The summed E-state index contributed by atoms with van der Waals surface area (Å²) >= 11 is 16.5. The number of esters is 12. The molecular weight excluding hydrogens is 1710 g/mol. The van der Waals surface area contributed by atoms with Gasteiger partial charge in [0.15, 0.2) is 10.8 Å². The number of nitriles is 3. The summed E-state index contributed by atoms with van der Waals surface area (Å²) in [7, 11) is 2.47. The standard InChI is InChI=1S/C27H36Br2N2O10.C23H36Br2O10.C13H18BrNO4.3CO2/c1-17(28)13-24(2,3)20(33)38-9-11-40-22(35)26(15-30)7-8-27(26,16-31)23(36)41-12-10-39-21(34)25(4,5)14-18(29)19(32)37-6;1-15(24)13-22(2,3)20(29)34-11-9-32-17(26)7-8-18(27)33-10-12-35-21(30)23(4,5)14-16(25)19(28)31-6;1-9(8-15)11(16)18-5-6-19-12(17)13(3,4)7-10(2)14;3*2-1-3/h17-18H,7-14H2,1-6H3;15-16H,7-14H2,1-6H3;10H,1,5-7H2,2-4H3;;;/t17?,18?,26-,27+;;;;;/m0...../s1. The average molecular weight is 1800 g/mol. The van der Waals surface area contributed by atoms with Crippen LogP contribution in [-0.2, 0) is 143 Å². The molecule has 0 aromatic heterocycles. The Hall–Kier alpha value is -7.61. The van der Waals surface area contributed by atoms with Gasteiger partial charge in [-0.1, -0.05) is 107 Å². The Bertz CT molecular complexity index is 3060. The van der Waals surface area contributed by atoms with E-state index in [0.717, 1.165) is 0 Å². The van der Waals surface area contributed by atoms with Crippen molar-refractivity contribution < 1.29 is 143 Å². The predicted octanol–water partition coefficient (Wildman–Crippen LogP) is 7.62. The molecule has 1 rings (SSSR count). The van der Waals surface area contributed by atoms with E-state index in [1.807, 2.05) is 20.8 Å². The topological polar surface area (TPSA) is 489 Å². The van der Waals surface area contributed by atoms with Crippen LogP contribution in [0.3, 0.4) is 0 Å². The van der Waals surface area contributed by atoms with E-state index in [0.29, 0.717) is 19.3 Å². The van der Waals surface area contributed by atoms with Gasteiger partial charge in [-0.15, -0.1) is 0 Å². The zero-order valence-corrected chi connectivity index (χ0v) is 68.4. The van der Waals surface area contributed by atoms with Gasteiger partial charge in [0.2, 0.25) is 0 Å². The Labute approximate surface area is 645 Å². The maximum atomic E-state index is 12.9. The first-order valence-electron chi connectivity index (χ1n) is 31.0. The highest BCUT2D eigenvalue weighted by Gasteiger charge is 2.71. The SMILES string of the molecule is C=C(C#N)C(=O)OCCOC(=O)C(C)(C)CC(C)Br.COC(=O)C(Br)CC(C)(C)C(=O)OCCOC(=O)CCC(=O)OCCOC(=O)C(C)(C)CC(C)Br.COC(=O)C(Br)CC(C)(C)C(=O)OCCOC(=O)[C@]1(C#N)CC[C@]1(C#N)C(=O)OCCOC(=O)C(C)(C)CC(C)Br.O=C=O.O=C=O.O=C=O. The minimum Gasteiger partial charge on any atom is -0.468 e. The van der Waals surface area contributed by atoms with Gasteiger partial charge in [-0.2, -0.15) is 44.6 Å². The van der Waals surface area contributed by atoms with E-state index in [4.69, 9.17) is 81.4 Å². The van der Waals surface area contributed by atoms with Gasteiger partial charge in [0.1, 0.15) is 87.4 Å². The molecule has 0 heterocycles. The molecule has 1 saturated carbocycles. The largest absolute Gasteiger partial charge is 0.468 e. The number of hydrogen-bond donors (Lipinski definition) is 0. The molecule has 0 radical (unpaired) electrons. The van der Waals surface area contributed by atoms with Gasteiger partial charge in [0.25, 0.3) is 0 Å². The first-order chi connectivity index (χ1) is 48.0. The molecule has 1 fully saturated rings. The van der Waals surface area contributed by atoms with Crippen molar-refractivity contribution in [3.05, 3.63) is 12.2 Å². The van der Waals surface area contributed by atoms with Crippen molar-refractivity contribution in [3.8, 4) is 18.2 Å². The monoisotopic (exact) mass is 1800 g/mol. The lowest BCUT2D eigenvalue weighted by molar-refractivity contribution is -0.193. The van der Waals surface area contributed by atoms with Crippen LogP contribution in [0.25, 0.3) is 0 Å². The third-order valence-corrected chi connectivity index (χ3v) is 16.2. The molecule has 104 heavy (non-hydrogen) atoms. The Morgan fingerprint density at radius 2 is 0.596 bits per heavy atom. The quantitative estimate of drug-likeness (QED) is 0.0143. The molecule has 0 spiro atoms. The summed E-state index contributed by atoms with van der Waals surface area (Å²) in [5, 5.41) is 28.0. The second-order valence-electron chi connectivity index (χ2n) is 25.2. The van der Waals surface area contributed by atoms with E-state index in [9.17, 15) is 68.1 Å². The Kier molecular flexibility index (Phi) is 54.6. The zero-order valence-electron chi connectivity index (χ0n) is 60.5. The summed E-state index contributed by atoms with van der Waals surface area (Å²) in [6, 6.07) is 5.08. The molecule has 0 aromatic carbocycles. The minimum atomic E-state index is -2.11. The smallest absolute Gasteiger partial charge is 0.373 e. The zero-order chi connectivity index (χ0) is 82.1. The average Bonchev–Trinajstić information content (AvgIpc) is 0.712. The normalized spacial score (nSPS) is 15.4. The summed E-state index contributed by atoms with van der Waals surface area (Å²) in [6.45, 7) is 23.8. The highest BCUT2D eigenvalue weighted by molar-refractivity contribution is 9.10. The lowest BCUT2D eigenvalue weighted by Crippen LogP contribution is -2.60. The Morgan fingerprint density at radius 3 is 0.798 bits per heavy atom. The first kappa shape index (κ1) is 105. The lowest BCUT2D eigenvalue weighted by atomic mass is 9.50. The molecule has 0 bridgehead atoms. The van der Waals surface area contributed by atoms with Gasteiger partial charge in [0, 0.05) is 14.5 Å². The van der Waals surface area contributed by atoms with Crippen LogP contribution in [0.5, 0.6) is 0 Å². The number of ether oxygens (including phenoxy) is 12. The minimum absolute atomic E-state index is 0.0383. The lowest BCUT2D eigenvalue weighted by Gasteiger charge is -2.46. The van der Waals surface area contributed by atoms with Crippen molar-refractivity contribution >= 4 is 170 Å². The van der Waals surface area contributed by atoms with Gasteiger partial charge < -0.3 is 56.8 Å². The Morgan fingerprint density at radius 1 is 0.385 bits per heavy atom. The van der Waals surface area contributed by atoms with Crippen LogP contribution in [0.4, 0.5) is 0 Å². The molecule has 38 heteroatoms. The van der Waals surface area contributed by atoms with E-state index in [1.165, 1.54) is 14.2 Å². The molecule has 0 aliphatic heterocycles. The molecule has 0 N–H and O–H groups in total. The first-order valence-corrected chi connectivity index (χ1v) is 35.6. The highest BCUT2D eigenvalue weighted by atomic mass is 79.9. The second-order valence-corrected chi connectivity index (χ2v) is 32.1. The fraction of sp³-hybridized carbons (Fsp3) is 0.697. The van der Waals surface area contributed by atoms with Crippen LogP contribution in [0.15, 0.2) is 12.2 Å². The van der Waals surface area contributed by atoms with E-state index in [1.54, 1.807) is 87.4 Å². The van der Waals surface area contributed by atoms with Crippen LogP contribution in [0, 0.1) is 71.9 Å². The number of carbonyl (C=O) groups is 12. The van der Waals surface area contributed by atoms with Gasteiger partial charge in [0.05, 0.1) is 66.3 Å². The maximum absolute atomic E-state index is 12.9. The van der Waals surface area contributed by atoms with Gasteiger partial charge >= 0.3 is 90.1 Å². The van der Waals surface area contributed by atoms with Crippen LogP contribution in [0.2, 0.25) is 0 Å². The second kappa shape index (κ2) is 54.1. The summed E-state index contributed by atoms with van der Waals surface area (Å²) in [5.41, 5.74) is -8.60. The number of methoxy groups -OCH3 is 2. The van der Waals surface area contributed by atoms with E-state index < -0.39 is 114 Å². The van der Waals surface area contributed by atoms with Crippen molar-refractivity contribution in [2.45, 2.75) is 172 Å². The van der Waals surface area contributed by atoms with Gasteiger partial charge in [-0.05, 0) is 114 Å². The fourth-order valence-electron chi connectivity index (χ4n) is 8.51. The summed E-state index contributed by atoms with van der Waals surface area (Å²) in [5.74, 6) is -7.81. The molecule has 0 saturated heterocycles. The van der Waals surface area contributed by atoms with Crippen LogP contribution >= 0.6 is 79.6 Å². The number of hydrogen-bond acceptors (Lipinski definition) is 33. The summed E-state index contributed by atoms with van der Waals surface area (Å²) in [6.07, 6.45) is 2.09. The van der Waals surface area contributed by atoms with Crippen molar-refractivity contribution in [2.75, 3.05) is 80.3 Å². The molecule has 1 aliphatic carbocycles. The molecule has 584 valence electrons. The molecule has 33 nitrogen and oxygen atoms in total. The van der Waals surface area contributed by atoms with Crippen LogP contribution < -0.4 is 0 Å². The number of carbonyl (C=O) groups excluding carboxylic acids is 18. The van der Waals surface area contributed by atoms with Crippen LogP contribution in [0.1, 0.15) is 148 Å². The van der Waals surface area contributed by atoms with Crippen LogP contribution in [-0.4, -0.2) is 195 Å². The number of nitrogens with zero attached hydrogens (tertiary/aromatic N) is 3. The number of halogens is 5. The van der Waals surface area contributed by atoms with E-state index in [-0.39, 0.29) is 148 Å². The predicted molar refractivity (Wildman–Crippen MR) is 371 cm³/mol. The van der Waals surface area contributed by atoms with Crippen molar-refractivity contribution in [1.29, 1.82) is 15.8 Å². The summed E-state index contributed by atoms with van der Waals surface area (Å²) in [4.78, 5) is 192. The van der Waals surface area contributed by atoms with Crippen molar-refractivity contribution in [1.82, 2.24) is 0 Å². The molecule has 1 aliphatic rings. The van der Waals surface area contributed by atoms with Gasteiger partial charge in [-0.3, -0.25) is 52.7 Å². The molecular formula is C66H90Br5N3O30. The molecule has 0 aromatic rings. The van der Waals surface area contributed by atoms with E-state index in [2.05, 4.69) is 95.7 Å². The fourth-order valence-corrected chi connectivity index (χ4v) is 12.9. The molecule has 5 unspecified atom stereocenters. The number of alkyl halides is 5. The third kappa shape index (κ3) is 42.4. The molecule has 7 atom stereocenters. The molecule has 0 amide bonds. The maximum Gasteiger partial charge on any atom is 0.373 e. The number of rotatable bonds is 38.